The van der Waals surface area contributed by atoms with Gasteiger partial charge in [0, 0.05) is 12.7 Å². The van der Waals surface area contributed by atoms with Crippen LogP contribution in [0.3, 0.4) is 0 Å². The largest absolute Gasteiger partial charge is 0.478 e. The maximum atomic E-state index is 11.8. The van der Waals surface area contributed by atoms with Gasteiger partial charge in [-0.05, 0) is 18.2 Å². The lowest BCUT2D eigenvalue weighted by Crippen LogP contribution is -2.38. The number of rotatable bonds is 3. The molecule has 0 aliphatic heterocycles. The Morgan fingerprint density at radius 3 is 2.44 bits per heavy atom. The van der Waals surface area contributed by atoms with E-state index in [0.29, 0.717) is 0 Å². The molecule has 1 rings (SSSR count). The molecule has 0 saturated heterocycles. The highest BCUT2D eigenvalue weighted by Crippen LogP contribution is 2.19. The molecule has 0 heterocycles. The van der Waals surface area contributed by atoms with Crippen LogP contribution in [0.1, 0.15) is 10.4 Å². The van der Waals surface area contributed by atoms with Gasteiger partial charge in [0.25, 0.3) is 10.0 Å². The number of anilines is 1. The molecule has 0 spiro atoms. The predicted molar refractivity (Wildman–Crippen MR) is 62.6 cm³/mol. The summed E-state index contributed by atoms with van der Waals surface area (Å²) >= 11 is 0. The number of hydrogen-bond donors (Lipinski definition) is 4. The summed E-state index contributed by atoms with van der Waals surface area (Å²) in [6.07, 6.45) is 0. The first-order valence-electron chi connectivity index (χ1n) is 4.65. The highest BCUT2D eigenvalue weighted by molar-refractivity contribution is 7.90. The first-order chi connectivity index (χ1) is 8.27. The lowest BCUT2D eigenvalue weighted by atomic mass is 10.2. The lowest BCUT2D eigenvalue weighted by molar-refractivity contribution is 0.0692. The average Bonchev–Trinajstić information content (AvgIpc) is 2.27. The Hall–Kier alpha value is -2.29. The minimum atomic E-state index is -4.29. The van der Waals surface area contributed by atoms with E-state index in [9.17, 15) is 18.0 Å². The molecule has 1 aromatic carbocycles. The van der Waals surface area contributed by atoms with Crippen molar-refractivity contribution >= 4 is 27.7 Å². The van der Waals surface area contributed by atoms with Crippen molar-refractivity contribution in [3.8, 4) is 0 Å². The van der Waals surface area contributed by atoms with Crippen LogP contribution in [0, 0.1) is 0 Å². The standard InChI is InChI=1S/C9H11N3O5S/c1-11-9(15)12-18(16,17)7-4-5(10)2-3-6(7)8(13)14/h2-4H,10H2,1H3,(H,13,14)(H2,11,12,15). The van der Waals surface area contributed by atoms with Crippen molar-refractivity contribution in [1.29, 1.82) is 0 Å². The van der Waals surface area contributed by atoms with Crippen LogP contribution >= 0.6 is 0 Å². The molecular formula is C9H11N3O5S. The summed E-state index contributed by atoms with van der Waals surface area (Å²) in [5.41, 5.74) is 5.00. The molecule has 1 aromatic rings. The molecule has 0 radical (unpaired) electrons. The fraction of sp³-hybridized carbons (Fsp3) is 0.111. The van der Waals surface area contributed by atoms with Gasteiger partial charge in [-0.2, -0.15) is 0 Å². The molecule has 9 heteroatoms. The highest BCUT2D eigenvalue weighted by Gasteiger charge is 2.24. The maximum absolute atomic E-state index is 11.8. The van der Waals surface area contributed by atoms with Gasteiger partial charge in [0.1, 0.15) is 4.90 Å². The third-order valence-electron chi connectivity index (χ3n) is 1.98. The van der Waals surface area contributed by atoms with E-state index < -0.39 is 32.5 Å². The van der Waals surface area contributed by atoms with Crippen molar-refractivity contribution in [2.75, 3.05) is 12.8 Å². The van der Waals surface area contributed by atoms with E-state index in [-0.39, 0.29) is 5.69 Å². The van der Waals surface area contributed by atoms with E-state index in [1.165, 1.54) is 13.1 Å². The molecule has 0 atom stereocenters. The van der Waals surface area contributed by atoms with Gasteiger partial charge in [0.15, 0.2) is 0 Å². The molecule has 18 heavy (non-hydrogen) atoms. The van der Waals surface area contributed by atoms with Crippen LogP contribution in [0.5, 0.6) is 0 Å². The van der Waals surface area contributed by atoms with Crippen LogP contribution in [-0.4, -0.2) is 32.6 Å². The van der Waals surface area contributed by atoms with E-state index in [1.54, 1.807) is 4.72 Å². The number of sulfonamides is 1. The van der Waals surface area contributed by atoms with Gasteiger partial charge < -0.3 is 16.2 Å². The van der Waals surface area contributed by atoms with Crippen molar-refractivity contribution in [2.45, 2.75) is 4.90 Å². The first-order valence-corrected chi connectivity index (χ1v) is 6.13. The summed E-state index contributed by atoms with van der Waals surface area (Å²) in [5, 5.41) is 10.9. The lowest BCUT2D eigenvalue weighted by Gasteiger charge is -2.09. The number of nitrogens with two attached hydrogens (primary N) is 1. The summed E-state index contributed by atoms with van der Waals surface area (Å²) in [5.74, 6) is -1.44. The second kappa shape index (κ2) is 4.92. The number of nitrogens with one attached hydrogen (secondary N) is 2. The van der Waals surface area contributed by atoms with Crippen molar-refractivity contribution in [3.05, 3.63) is 23.8 Å². The quantitative estimate of drug-likeness (QED) is 0.552. The first kappa shape index (κ1) is 13.8. The Balaban J connectivity index is 3.35. The van der Waals surface area contributed by atoms with Gasteiger partial charge in [-0.1, -0.05) is 0 Å². The molecule has 2 amide bonds. The van der Waals surface area contributed by atoms with Gasteiger partial charge >= 0.3 is 12.0 Å². The Morgan fingerprint density at radius 2 is 1.94 bits per heavy atom. The van der Waals surface area contributed by atoms with Crippen LogP contribution in [0.2, 0.25) is 0 Å². The average molecular weight is 273 g/mol. The minimum absolute atomic E-state index is 0.0669. The fourth-order valence-electron chi connectivity index (χ4n) is 1.17. The molecule has 0 unspecified atom stereocenters. The number of aromatic carboxylic acids is 1. The number of hydrogen-bond acceptors (Lipinski definition) is 5. The topological polar surface area (TPSA) is 139 Å². The van der Waals surface area contributed by atoms with Crippen molar-refractivity contribution in [2.24, 2.45) is 0 Å². The zero-order valence-corrected chi connectivity index (χ0v) is 10.1. The zero-order valence-electron chi connectivity index (χ0n) is 9.30. The Kier molecular flexibility index (Phi) is 3.76. The highest BCUT2D eigenvalue weighted by atomic mass is 32.2. The van der Waals surface area contributed by atoms with Gasteiger partial charge in [-0.3, -0.25) is 0 Å². The molecular weight excluding hydrogens is 262 g/mol. The molecule has 0 bridgehead atoms. The SMILES string of the molecule is CNC(=O)NS(=O)(=O)c1cc(N)ccc1C(=O)O. The van der Waals surface area contributed by atoms with Crippen LogP contribution in [-0.2, 0) is 10.0 Å². The minimum Gasteiger partial charge on any atom is -0.478 e. The van der Waals surface area contributed by atoms with Crippen molar-refractivity contribution in [1.82, 2.24) is 10.0 Å². The summed E-state index contributed by atoms with van der Waals surface area (Å²) in [7, 11) is -3.07. The van der Waals surface area contributed by atoms with Gasteiger partial charge in [0.2, 0.25) is 0 Å². The third-order valence-corrected chi connectivity index (χ3v) is 3.35. The Morgan fingerprint density at radius 1 is 1.33 bits per heavy atom. The number of carbonyl (C=O) groups is 2. The number of carboxylic acids is 1. The molecule has 5 N–H and O–H groups in total. The zero-order chi connectivity index (χ0) is 13.9. The Bertz CT molecular complexity index is 596. The maximum Gasteiger partial charge on any atom is 0.337 e. The summed E-state index contributed by atoms with van der Waals surface area (Å²) in [6, 6.07) is 2.29. The molecule has 98 valence electrons. The van der Waals surface area contributed by atoms with Crippen LogP contribution in [0.15, 0.2) is 23.1 Å². The van der Waals surface area contributed by atoms with E-state index in [2.05, 4.69) is 0 Å². The normalized spacial score (nSPS) is 10.7. The van der Waals surface area contributed by atoms with Crippen LogP contribution in [0.25, 0.3) is 0 Å². The van der Waals surface area contributed by atoms with Crippen LogP contribution < -0.4 is 15.8 Å². The van der Waals surface area contributed by atoms with Crippen molar-refractivity contribution in [3.63, 3.8) is 0 Å². The molecule has 8 nitrogen and oxygen atoms in total. The van der Waals surface area contributed by atoms with E-state index in [4.69, 9.17) is 10.8 Å². The van der Waals surface area contributed by atoms with Crippen molar-refractivity contribution < 1.29 is 23.1 Å². The monoisotopic (exact) mass is 273 g/mol. The summed E-state index contributed by atoms with van der Waals surface area (Å²) in [6.45, 7) is 0. The third kappa shape index (κ3) is 2.88. The molecule has 0 fully saturated rings. The number of carboxylic acid groups (broad SMARTS) is 1. The van der Waals surface area contributed by atoms with E-state index >= 15 is 0 Å². The van der Waals surface area contributed by atoms with Gasteiger partial charge in [-0.25, -0.2) is 22.7 Å². The predicted octanol–water partition coefficient (Wildman–Crippen LogP) is -0.415. The van der Waals surface area contributed by atoms with E-state index in [0.717, 1.165) is 12.1 Å². The number of nitrogen functional groups attached to an aromatic ring is 1. The van der Waals surface area contributed by atoms with Gasteiger partial charge in [-0.15, -0.1) is 0 Å². The molecule has 0 aromatic heterocycles. The number of carbonyl (C=O) groups excluding carboxylic acids is 1. The number of amides is 2. The molecule has 0 aliphatic carbocycles. The Labute approximate surface area is 103 Å². The molecule has 0 aliphatic rings. The van der Waals surface area contributed by atoms with Gasteiger partial charge in [0.05, 0.1) is 5.56 Å². The fourth-order valence-corrected chi connectivity index (χ4v) is 2.36. The van der Waals surface area contributed by atoms with E-state index in [1.807, 2.05) is 5.32 Å². The molecule has 0 saturated carbocycles. The number of benzene rings is 1. The summed E-state index contributed by atoms with van der Waals surface area (Å²) < 4.78 is 25.2. The second-order valence-corrected chi connectivity index (χ2v) is 4.90. The number of urea groups is 1. The smallest absolute Gasteiger partial charge is 0.337 e. The summed E-state index contributed by atoms with van der Waals surface area (Å²) in [4.78, 5) is 21.3. The van der Waals surface area contributed by atoms with Crippen LogP contribution in [0.4, 0.5) is 10.5 Å². The second-order valence-electron chi connectivity index (χ2n) is 3.25.